The summed E-state index contributed by atoms with van der Waals surface area (Å²) in [5, 5.41) is 4.43. The van der Waals surface area contributed by atoms with Gasteiger partial charge in [-0.25, -0.2) is 0 Å². The lowest BCUT2D eigenvalue weighted by Crippen LogP contribution is -2.26. The van der Waals surface area contributed by atoms with Gasteiger partial charge in [0, 0.05) is 10.1 Å². The molecule has 1 N–H and O–H groups in total. The highest BCUT2D eigenvalue weighted by molar-refractivity contribution is 7.21. The molecule has 1 aromatic heterocycles. The molecule has 0 radical (unpaired) electrons. The number of halogens is 1. The molecule has 1 unspecified atom stereocenters. The quantitative estimate of drug-likeness (QED) is 0.718. The molecule has 3 rings (SSSR count). The molecule has 1 atom stereocenters. The Bertz CT molecular complexity index is 842. The summed E-state index contributed by atoms with van der Waals surface area (Å²) in [7, 11) is 1.63. The molecule has 0 aliphatic heterocycles. The standard InChI is InChI=1S/C18H16ClNO2S/c1-11(12-7-9-13(22-2)10-8-12)20-18(21)17-16(19)14-5-3-4-6-15(14)23-17/h3-11H,1-2H3,(H,20,21). The van der Waals surface area contributed by atoms with Crippen LogP contribution in [0.1, 0.15) is 28.2 Å². The first-order valence-electron chi connectivity index (χ1n) is 7.22. The number of thiophene rings is 1. The van der Waals surface area contributed by atoms with Crippen LogP contribution in [0, 0.1) is 0 Å². The number of rotatable bonds is 4. The van der Waals surface area contributed by atoms with E-state index in [1.807, 2.05) is 55.5 Å². The molecule has 118 valence electrons. The molecule has 0 spiro atoms. The van der Waals surface area contributed by atoms with Gasteiger partial charge in [0.2, 0.25) is 0 Å². The molecule has 0 saturated heterocycles. The largest absolute Gasteiger partial charge is 0.497 e. The number of hydrogen-bond acceptors (Lipinski definition) is 3. The Kier molecular flexibility index (Phi) is 4.55. The van der Waals surface area contributed by atoms with Crippen LogP contribution in [-0.2, 0) is 0 Å². The van der Waals surface area contributed by atoms with Gasteiger partial charge < -0.3 is 10.1 Å². The lowest BCUT2D eigenvalue weighted by molar-refractivity contribution is 0.0944. The van der Waals surface area contributed by atoms with Gasteiger partial charge in [0.05, 0.1) is 18.2 Å². The van der Waals surface area contributed by atoms with E-state index in [0.717, 1.165) is 21.4 Å². The molecule has 0 fully saturated rings. The van der Waals surface area contributed by atoms with Crippen LogP contribution in [0.4, 0.5) is 0 Å². The SMILES string of the molecule is COc1ccc(C(C)NC(=O)c2sc3ccccc3c2Cl)cc1. The fraction of sp³-hybridized carbons (Fsp3) is 0.167. The third-order valence-electron chi connectivity index (χ3n) is 3.70. The van der Waals surface area contributed by atoms with Crippen molar-refractivity contribution in [3.8, 4) is 5.75 Å². The number of nitrogens with one attached hydrogen (secondary N) is 1. The molecule has 1 heterocycles. The van der Waals surface area contributed by atoms with Crippen molar-refractivity contribution in [2.45, 2.75) is 13.0 Å². The van der Waals surface area contributed by atoms with E-state index in [0.29, 0.717) is 9.90 Å². The van der Waals surface area contributed by atoms with Gasteiger partial charge >= 0.3 is 0 Å². The van der Waals surface area contributed by atoms with Gasteiger partial charge in [-0.05, 0) is 30.7 Å². The van der Waals surface area contributed by atoms with Crippen molar-refractivity contribution in [3.05, 3.63) is 64.0 Å². The van der Waals surface area contributed by atoms with Crippen molar-refractivity contribution in [1.29, 1.82) is 0 Å². The van der Waals surface area contributed by atoms with E-state index >= 15 is 0 Å². The molecule has 1 amide bonds. The predicted molar refractivity (Wildman–Crippen MR) is 95.7 cm³/mol. The van der Waals surface area contributed by atoms with E-state index in [4.69, 9.17) is 16.3 Å². The van der Waals surface area contributed by atoms with E-state index in [1.165, 1.54) is 11.3 Å². The topological polar surface area (TPSA) is 38.3 Å². The van der Waals surface area contributed by atoms with Gasteiger partial charge in [0.15, 0.2) is 0 Å². The van der Waals surface area contributed by atoms with Gasteiger partial charge in [-0.3, -0.25) is 4.79 Å². The molecule has 23 heavy (non-hydrogen) atoms. The monoisotopic (exact) mass is 345 g/mol. The predicted octanol–water partition coefficient (Wildman–Crippen LogP) is 5.05. The molecule has 0 saturated carbocycles. The third-order valence-corrected chi connectivity index (χ3v) is 5.38. The second kappa shape index (κ2) is 6.60. The zero-order chi connectivity index (χ0) is 16.4. The Morgan fingerprint density at radius 3 is 2.52 bits per heavy atom. The molecule has 3 nitrogen and oxygen atoms in total. The van der Waals surface area contributed by atoms with Gasteiger partial charge in [-0.2, -0.15) is 0 Å². The molecular formula is C18H16ClNO2S. The van der Waals surface area contributed by atoms with Crippen molar-refractivity contribution in [1.82, 2.24) is 5.32 Å². The van der Waals surface area contributed by atoms with Crippen molar-refractivity contribution >= 4 is 38.9 Å². The minimum Gasteiger partial charge on any atom is -0.497 e. The molecule has 5 heteroatoms. The first kappa shape index (κ1) is 15.8. The smallest absolute Gasteiger partial charge is 0.263 e. The number of methoxy groups -OCH3 is 1. The second-order valence-corrected chi connectivity index (χ2v) is 6.64. The first-order chi connectivity index (χ1) is 11.1. The maximum absolute atomic E-state index is 12.5. The van der Waals surface area contributed by atoms with E-state index in [1.54, 1.807) is 7.11 Å². The van der Waals surface area contributed by atoms with Crippen LogP contribution in [0.5, 0.6) is 5.75 Å². The molecule has 2 aromatic carbocycles. The Hall–Kier alpha value is -2.04. The van der Waals surface area contributed by atoms with E-state index in [-0.39, 0.29) is 11.9 Å². The normalized spacial score (nSPS) is 12.1. The van der Waals surface area contributed by atoms with Crippen molar-refractivity contribution < 1.29 is 9.53 Å². The Labute approximate surface area is 143 Å². The number of fused-ring (bicyclic) bond motifs is 1. The summed E-state index contributed by atoms with van der Waals surface area (Å²) in [4.78, 5) is 13.1. The average molecular weight is 346 g/mol. The first-order valence-corrected chi connectivity index (χ1v) is 8.41. The molecule has 0 bridgehead atoms. The van der Waals surface area contributed by atoms with E-state index in [9.17, 15) is 4.79 Å². The van der Waals surface area contributed by atoms with Gasteiger partial charge in [-0.15, -0.1) is 11.3 Å². The van der Waals surface area contributed by atoms with Crippen LogP contribution in [0.2, 0.25) is 5.02 Å². The summed E-state index contributed by atoms with van der Waals surface area (Å²) in [5.74, 6) is 0.638. The zero-order valence-corrected chi connectivity index (χ0v) is 14.4. The average Bonchev–Trinajstić information content (AvgIpc) is 2.92. The molecular weight excluding hydrogens is 330 g/mol. The lowest BCUT2D eigenvalue weighted by Gasteiger charge is -2.14. The second-order valence-electron chi connectivity index (χ2n) is 5.21. The molecule has 0 aliphatic carbocycles. The highest BCUT2D eigenvalue weighted by atomic mass is 35.5. The number of amides is 1. The summed E-state index contributed by atoms with van der Waals surface area (Å²) in [6.07, 6.45) is 0. The van der Waals surface area contributed by atoms with Crippen LogP contribution in [0.15, 0.2) is 48.5 Å². The van der Waals surface area contributed by atoms with Gasteiger partial charge in [0.1, 0.15) is 10.6 Å². The highest BCUT2D eigenvalue weighted by Crippen LogP contribution is 2.35. The molecule has 0 aliphatic rings. The van der Waals surface area contributed by atoms with Crippen LogP contribution >= 0.6 is 22.9 Å². The molecule has 3 aromatic rings. The zero-order valence-electron chi connectivity index (χ0n) is 12.8. The lowest BCUT2D eigenvalue weighted by atomic mass is 10.1. The van der Waals surface area contributed by atoms with E-state index in [2.05, 4.69) is 5.32 Å². The Morgan fingerprint density at radius 1 is 1.17 bits per heavy atom. The fourth-order valence-corrected chi connectivity index (χ4v) is 3.82. The number of hydrogen-bond donors (Lipinski definition) is 1. The summed E-state index contributed by atoms with van der Waals surface area (Å²) in [6, 6.07) is 15.3. The number of ether oxygens (including phenoxy) is 1. The number of carbonyl (C=O) groups excluding carboxylic acids is 1. The highest BCUT2D eigenvalue weighted by Gasteiger charge is 2.19. The summed E-state index contributed by atoms with van der Waals surface area (Å²) in [6.45, 7) is 1.95. The summed E-state index contributed by atoms with van der Waals surface area (Å²) >= 11 is 7.77. The van der Waals surface area contributed by atoms with Crippen LogP contribution in [0.3, 0.4) is 0 Å². The number of carbonyl (C=O) groups is 1. The van der Waals surface area contributed by atoms with Gasteiger partial charge in [-0.1, -0.05) is 41.9 Å². The van der Waals surface area contributed by atoms with Gasteiger partial charge in [0.25, 0.3) is 5.91 Å². The number of benzene rings is 2. The fourth-order valence-electron chi connectivity index (χ4n) is 2.40. The third kappa shape index (κ3) is 3.19. The minimum absolute atomic E-state index is 0.116. The summed E-state index contributed by atoms with van der Waals surface area (Å²) in [5.41, 5.74) is 1.01. The van der Waals surface area contributed by atoms with Crippen molar-refractivity contribution in [2.75, 3.05) is 7.11 Å². The summed E-state index contributed by atoms with van der Waals surface area (Å²) < 4.78 is 6.16. The maximum atomic E-state index is 12.5. The van der Waals surface area contributed by atoms with Crippen LogP contribution in [0.25, 0.3) is 10.1 Å². The van der Waals surface area contributed by atoms with Crippen molar-refractivity contribution in [2.24, 2.45) is 0 Å². The minimum atomic E-state index is -0.153. The Morgan fingerprint density at radius 2 is 1.87 bits per heavy atom. The van der Waals surface area contributed by atoms with E-state index < -0.39 is 0 Å². The Balaban J connectivity index is 1.80. The van der Waals surface area contributed by atoms with Crippen LogP contribution < -0.4 is 10.1 Å². The van der Waals surface area contributed by atoms with Crippen LogP contribution in [-0.4, -0.2) is 13.0 Å². The maximum Gasteiger partial charge on any atom is 0.263 e. The van der Waals surface area contributed by atoms with Crippen molar-refractivity contribution in [3.63, 3.8) is 0 Å².